The molecule has 1 amide bonds. The zero-order valence-electron chi connectivity index (χ0n) is 13.3. The number of ether oxygens (including phenoxy) is 2. The standard InChI is InChI=1S/C16H20FNO5/c1-10(7-14(20)22-2)15(16(21)23-3)18-13(19)9-11-5-4-6-12(17)8-11/h4-6,8,10,15H,7,9H2,1-3H3,(H,18,19)/t10-,15-/m1/s1. The van der Waals surface area contributed by atoms with Crippen LogP contribution in [0.3, 0.4) is 0 Å². The number of halogens is 1. The Morgan fingerprint density at radius 3 is 2.48 bits per heavy atom. The Hall–Kier alpha value is -2.44. The number of hydrogen-bond acceptors (Lipinski definition) is 5. The van der Waals surface area contributed by atoms with Gasteiger partial charge in [0.05, 0.1) is 27.1 Å². The molecular weight excluding hydrogens is 305 g/mol. The highest BCUT2D eigenvalue weighted by atomic mass is 19.1. The molecule has 7 heteroatoms. The van der Waals surface area contributed by atoms with Gasteiger partial charge in [0.15, 0.2) is 0 Å². The zero-order valence-corrected chi connectivity index (χ0v) is 13.3. The average Bonchev–Trinajstić information content (AvgIpc) is 2.51. The largest absolute Gasteiger partial charge is 0.469 e. The van der Waals surface area contributed by atoms with Gasteiger partial charge in [-0.05, 0) is 23.6 Å². The van der Waals surface area contributed by atoms with Gasteiger partial charge in [-0.3, -0.25) is 9.59 Å². The first-order valence-electron chi connectivity index (χ1n) is 7.05. The van der Waals surface area contributed by atoms with Crippen molar-refractivity contribution >= 4 is 17.8 Å². The number of carbonyl (C=O) groups excluding carboxylic acids is 3. The molecule has 126 valence electrons. The smallest absolute Gasteiger partial charge is 0.328 e. The summed E-state index contributed by atoms with van der Waals surface area (Å²) in [6.07, 6.45) is -0.132. The second-order valence-electron chi connectivity index (χ2n) is 5.13. The fraction of sp³-hybridized carbons (Fsp3) is 0.438. The minimum absolute atomic E-state index is 0.0451. The van der Waals surface area contributed by atoms with E-state index < -0.39 is 35.6 Å². The molecule has 1 aromatic carbocycles. The van der Waals surface area contributed by atoms with Crippen molar-refractivity contribution in [1.29, 1.82) is 0 Å². The third-order valence-corrected chi connectivity index (χ3v) is 3.31. The van der Waals surface area contributed by atoms with Crippen molar-refractivity contribution in [3.05, 3.63) is 35.6 Å². The van der Waals surface area contributed by atoms with Crippen molar-refractivity contribution in [2.45, 2.75) is 25.8 Å². The summed E-state index contributed by atoms with van der Waals surface area (Å²) in [6, 6.07) is 4.63. The van der Waals surface area contributed by atoms with Gasteiger partial charge < -0.3 is 14.8 Å². The first-order valence-corrected chi connectivity index (χ1v) is 7.05. The summed E-state index contributed by atoms with van der Waals surface area (Å²) in [5.74, 6) is -2.58. The van der Waals surface area contributed by atoms with Crippen molar-refractivity contribution in [1.82, 2.24) is 5.32 Å². The first-order chi connectivity index (χ1) is 10.9. The van der Waals surface area contributed by atoms with Crippen LogP contribution in [0.25, 0.3) is 0 Å². The molecule has 0 aliphatic heterocycles. The minimum atomic E-state index is -0.986. The Bertz CT molecular complexity index is 575. The lowest BCUT2D eigenvalue weighted by molar-refractivity contribution is -0.148. The summed E-state index contributed by atoms with van der Waals surface area (Å²) in [4.78, 5) is 35.2. The van der Waals surface area contributed by atoms with Crippen molar-refractivity contribution < 1.29 is 28.2 Å². The first kappa shape index (κ1) is 18.6. The Morgan fingerprint density at radius 1 is 1.22 bits per heavy atom. The van der Waals surface area contributed by atoms with Crippen LogP contribution in [0.5, 0.6) is 0 Å². The average molecular weight is 325 g/mol. The SMILES string of the molecule is COC(=O)C[C@@H](C)[C@@H](NC(=O)Cc1cccc(F)c1)C(=O)OC. The molecule has 0 bridgehead atoms. The molecule has 0 aliphatic carbocycles. The summed E-state index contributed by atoms with van der Waals surface area (Å²) in [5, 5.41) is 2.52. The minimum Gasteiger partial charge on any atom is -0.469 e. The molecule has 1 N–H and O–H groups in total. The second-order valence-corrected chi connectivity index (χ2v) is 5.13. The zero-order chi connectivity index (χ0) is 17.4. The lowest BCUT2D eigenvalue weighted by Crippen LogP contribution is -2.47. The number of carbonyl (C=O) groups is 3. The Morgan fingerprint density at radius 2 is 1.91 bits per heavy atom. The third-order valence-electron chi connectivity index (χ3n) is 3.31. The number of hydrogen-bond donors (Lipinski definition) is 1. The number of amides is 1. The maximum absolute atomic E-state index is 13.1. The molecule has 0 radical (unpaired) electrons. The van der Waals surface area contributed by atoms with Gasteiger partial charge in [0.2, 0.25) is 5.91 Å². The van der Waals surface area contributed by atoms with E-state index in [0.717, 1.165) is 0 Å². The van der Waals surface area contributed by atoms with Crippen molar-refractivity contribution in [2.24, 2.45) is 5.92 Å². The highest BCUT2D eigenvalue weighted by molar-refractivity contribution is 5.86. The van der Waals surface area contributed by atoms with Gasteiger partial charge in [-0.2, -0.15) is 0 Å². The predicted octanol–water partition coefficient (Wildman–Crippen LogP) is 1.23. The van der Waals surface area contributed by atoms with Gasteiger partial charge in [0.25, 0.3) is 0 Å². The lowest BCUT2D eigenvalue weighted by atomic mass is 9.98. The maximum Gasteiger partial charge on any atom is 0.328 e. The molecule has 0 fully saturated rings. The highest BCUT2D eigenvalue weighted by Crippen LogP contribution is 2.12. The summed E-state index contributed by atoms with van der Waals surface area (Å²) in [7, 11) is 2.43. The van der Waals surface area contributed by atoms with E-state index >= 15 is 0 Å². The molecule has 0 saturated heterocycles. The summed E-state index contributed by atoms with van der Waals surface area (Å²) < 4.78 is 22.3. The van der Waals surface area contributed by atoms with Gasteiger partial charge in [0, 0.05) is 0 Å². The lowest BCUT2D eigenvalue weighted by Gasteiger charge is -2.22. The Balaban J connectivity index is 2.74. The molecule has 0 aromatic heterocycles. The van der Waals surface area contributed by atoms with Gasteiger partial charge in [-0.25, -0.2) is 9.18 Å². The summed E-state index contributed by atoms with van der Waals surface area (Å²) in [6.45, 7) is 1.63. The van der Waals surface area contributed by atoms with Gasteiger partial charge in [0.1, 0.15) is 11.9 Å². The number of benzene rings is 1. The summed E-state index contributed by atoms with van der Waals surface area (Å²) in [5.41, 5.74) is 0.478. The normalized spacial score (nSPS) is 12.9. The van der Waals surface area contributed by atoms with E-state index in [4.69, 9.17) is 0 Å². The molecule has 0 aliphatic rings. The van der Waals surface area contributed by atoms with E-state index in [1.165, 1.54) is 32.4 Å². The van der Waals surface area contributed by atoms with Crippen LogP contribution in [0.4, 0.5) is 4.39 Å². The van der Waals surface area contributed by atoms with E-state index in [-0.39, 0.29) is 12.8 Å². The van der Waals surface area contributed by atoms with Gasteiger partial charge >= 0.3 is 11.9 Å². The van der Waals surface area contributed by atoms with Crippen LogP contribution >= 0.6 is 0 Å². The molecule has 6 nitrogen and oxygen atoms in total. The van der Waals surface area contributed by atoms with E-state index in [9.17, 15) is 18.8 Å². The highest BCUT2D eigenvalue weighted by Gasteiger charge is 2.29. The summed E-state index contributed by atoms with van der Waals surface area (Å²) >= 11 is 0. The Labute approximate surface area is 134 Å². The van der Waals surface area contributed by atoms with Crippen LogP contribution in [-0.2, 0) is 30.3 Å². The van der Waals surface area contributed by atoms with Crippen LogP contribution in [0, 0.1) is 11.7 Å². The van der Waals surface area contributed by atoms with Crippen molar-refractivity contribution in [3.63, 3.8) is 0 Å². The Kier molecular flexibility index (Phi) is 7.18. The van der Waals surface area contributed by atoms with Gasteiger partial charge in [-0.1, -0.05) is 19.1 Å². The monoisotopic (exact) mass is 325 g/mol. The van der Waals surface area contributed by atoms with Crippen molar-refractivity contribution in [3.8, 4) is 0 Å². The molecule has 1 rings (SSSR count). The fourth-order valence-corrected chi connectivity index (χ4v) is 2.08. The van der Waals surface area contributed by atoms with E-state index in [1.807, 2.05) is 0 Å². The van der Waals surface area contributed by atoms with Crippen LogP contribution < -0.4 is 5.32 Å². The quantitative estimate of drug-likeness (QED) is 0.763. The van der Waals surface area contributed by atoms with Crippen molar-refractivity contribution in [2.75, 3.05) is 14.2 Å². The maximum atomic E-state index is 13.1. The van der Waals surface area contributed by atoms with Crippen LogP contribution in [0.1, 0.15) is 18.9 Å². The number of rotatable bonds is 7. The molecule has 2 atom stereocenters. The molecule has 0 saturated carbocycles. The van der Waals surface area contributed by atoms with E-state index in [0.29, 0.717) is 5.56 Å². The van der Waals surface area contributed by atoms with E-state index in [2.05, 4.69) is 14.8 Å². The van der Waals surface area contributed by atoms with E-state index in [1.54, 1.807) is 13.0 Å². The van der Waals surface area contributed by atoms with Crippen LogP contribution in [-0.4, -0.2) is 38.1 Å². The molecule has 0 spiro atoms. The molecule has 1 aromatic rings. The number of nitrogens with one attached hydrogen (secondary N) is 1. The molecule has 0 heterocycles. The fourth-order valence-electron chi connectivity index (χ4n) is 2.08. The molecule has 23 heavy (non-hydrogen) atoms. The second kappa shape index (κ2) is 8.87. The van der Waals surface area contributed by atoms with Crippen LogP contribution in [0.15, 0.2) is 24.3 Å². The topological polar surface area (TPSA) is 81.7 Å². The molecule has 0 unspecified atom stereocenters. The number of esters is 2. The van der Waals surface area contributed by atoms with Crippen LogP contribution in [0.2, 0.25) is 0 Å². The number of methoxy groups -OCH3 is 2. The predicted molar refractivity (Wildman–Crippen MR) is 79.8 cm³/mol. The molecular formula is C16H20FNO5. The van der Waals surface area contributed by atoms with Gasteiger partial charge in [-0.15, -0.1) is 0 Å². The third kappa shape index (κ3) is 6.06.